The summed E-state index contributed by atoms with van der Waals surface area (Å²) in [6.07, 6.45) is 8.85. The summed E-state index contributed by atoms with van der Waals surface area (Å²) >= 11 is 0. The Hall–Kier alpha value is -1.65. The molecule has 0 spiro atoms. The summed E-state index contributed by atoms with van der Waals surface area (Å²) in [5.41, 5.74) is 2.92. The summed E-state index contributed by atoms with van der Waals surface area (Å²) in [4.78, 5) is 13.1. The van der Waals surface area contributed by atoms with Gasteiger partial charge in [-0.25, -0.2) is 0 Å². The highest BCUT2D eigenvalue weighted by atomic mass is 16.6. The van der Waals surface area contributed by atoms with Gasteiger partial charge in [0, 0.05) is 25.1 Å². The van der Waals surface area contributed by atoms with Gasteiger partial charge >= 0.3 is 5.97 Å². The number of fused-ring (bicyclic) bond motifs is 2. The van der Waals surface area contributed by atoms with Gasteiger partial charge in [-0.05, 0) is 88.0 Å². The third-order valence-corrected chi connectivity index (χ3v) is 9.52. The summed E-state index contributed by atoms with van der Waals surface area (Å²) in [5.74, 6) is 1.36. The number of esters is 1. The van der Waals surface area contributed by atoms with Crippen LogP contribution < -0.4 is 5.32 Å². The van der Waals surface area contributed by atoms with E-state index in [1.54, 1.807) is 0 Å². The fraction of sp³-hybridized carbons (Fsp3) is 0.700. The molecule has 5 rings (SSSR count). The topological polar surface area (TPSA) is 47.6 Å². The number of benzene rings is 1. The van der Waals surface area contributed by atoms with E-state index in [1.165, 1.54) is 24.0 Å². The zero-order valence-corrected chi connectivity index (χ0v) is 21.4. The van der Waals surface area contributed by atoms with Gasteiger partial charge in [-0.1, -0.05) is 49.4 Å². The third kappa shape index (κ3) is 4.86. The van der Waals surface area contributed by atoms with Gasteiger partial charge in [-0.2, -0.15) is 0 Å². The van der Waals surface area contributed by atoms with E-state index in [4.69, 9.17) is 9.47 Å². The second-order valence-electron chi connectivity index (χ2n) is 12.5. The van der Waals surface area contributed by atoms with Crippen molar-refractivity contribution in [2.24, 2.45) is 29.1 Å². The Balaban J connectivity index is 1.30. The highest BCUT2D eigenvalue weighted by Gasteiger charge is 2.55. The molecule has 2 saturated carbocycles. The SMILES string of the molecule is C=C1CCC[C@]2(C)C[C@H]3OC(=O)[C@@H](CN[C@@H](Cc4ccccc4)[C@H]4CCOC(C)(C)C4)[C@@H]3C[C@H]12. The lowest BCUT2D eigenvalue weighted by molar-refractivity contribution is -0.146. The van der Waals surface area contributed by atoms with Crippen molar-refractivity contribution in [3.63, 3.8) is 0 Å². The van der Waals surface area contributed by atoms with Gasteiger partial charge < -0.3 is 14.8 Å². The molecule has 4 fully saturated rings. The molecule has 2 saturated heterocycles. The molecule has 0 aromatic heterocycles. The maximum atomic E-state index is 13.1. The number of rotatable bonds is 6. The van der Waals surface area contributed by atoms with E-state index in [-0.39, 0.29) is 29.0 Å². The summed E-state index contributed by atoms with van der Waals surface area (Å²) in [5, 5.41) is 3.90. The molecule has 0 unspecified atom stereocenters. The zero-order valence-electron chi connectivity index (χ0n) is 21.4. The van der Waals surface area contributed by atoms with Gasteiger partial charge in [0.15, 0.2) is 0 Å². The second-order valence-corrected chi connectivity index (χ2v) is 12.5. The number of carbonyl (C=O) groups excluding carboxylic acids is 1. The van der Waals surface area contributed by atoms with E-state index in [0.717, 1.165) is 45.1 Å². The first-order chi connectivity index (χ1) is 16.2. The lowest BCUT2D eigenvalue weighted by Gasteiger charge is -2.50. The van der Waals surface area contributed by atoms with Crippen LogP contribution in [0.3, 0.4) is 0 Å². The predicted molar refractivity (Wildman–Crippen MR) is 135 cm³/mol. The molecule has 34 heavy (non-hydrogen) atoms. The quantitative estimate of drug-likeness (QED) is 0.432. The Kier molecular flexibility index (Phi) is 6.67. The van der Waals surface area contributed by atoms with E-state index in [1.807, 2.05) is 0 Å². The van der Waals surface area contributed by atoms with Gasteiger partial charge in [0.1, 0.15) is 6.10 Å². The van der Waals surface area contributed by atoms with Crippen LogP contribution in [0.15, 0.2) is 42.5 Å². The molecule has 0 bridgehead atoms. The average molecular weight is 466 g/mol. The minimum atomic E-state index is -0.0912. The normalized spacial score (nSPS) is 38.0. The molecule has 7 atom stereocenters. The number of nitrogens with one attached hydrogen (secondary N) is 1. The molecule has 186 valence electrons. The molecule has 4 nitrogen and oxygen atoms in total. The largest absolute Gasteiger partial charge is 0.462 e. The zero-order chi connectivity index (χ0) is 23.9. The minimum absolute atomic E-state index is 0.0149. The number of ether oxygens (including phenoxy) is 2. The van der Waals surface area contributed by atoms with Crippen LogP contribution in [0, 0.1) is 29.1 Å². The Labute approximate surface area is 205 Å². The molecule has 0 amide bonds. The Bertz CT molecular complexity index is 896. The average Bonchev–Trinajstić information content (AvgIpc) is 3.08. The van der Waals surface area contributed by atoms with Crippen LogP contribution in [-0.4, -0.2) is 36.9 Å². The van der Waals surface area contributed by atoms with E-state index < -0.39 is 0 Å². The molecule has 1 aromatic carbocycles. The summed E-state index contributed by atoms with van der Waals surface area (Å²) in [6, 6.07) is 11.1. The number of hydrogen-bond acceptors (Lipinski definition) is 4. The molecule has 2 aliphatic heterocycles. The molecular formula is C30H43NO3. The Morgan fingerprint density at radius 2 is 1.97 bits per heavy atom. The maximum absolute atomic E-state index is 13.1. The van der Waals surface area contributed by atoms with Crippen molar-refractivity contribution in [3.8, 4) is 0 Å². The van der Waals surface area contributed by atoms with Crippen LogP contribution in [0.2, 0.25) is 0 Å². The first-order valence-corrected chi connectivity index (χ1v) is 13.5. The lowest BCUT2D eigenvalue weighted by atomic mass is 9.55. The monoisotopic (exact) mass is 465 g/mol. The van der Waals surface area contributed by atoms with E-state index in [9.17, 15) is 4.79 Å². The highest BCUT2D eigenvalue weighted by Crippen LogP contribution is 2.56. The number of allylic oxidation sites excluding steroid dienone is 1. The number of carbonyl (C=O) groups is 1. The third-order valence-electron chi connectivity index (χ3n) is 9.52. The number of hydrogen-bond donors (Lipinski definition) is 1. The van der Waals surface area contributed by atoms with Crippen molar-refractivity contribution in [1.82, 2.24) is 5.32 Å². The maximum Gasteiger partial charge on any atom is 0.310 e. The molecule has 4 aliphatic rings. The molecule has 2 heterocycles. The molecule has 0 radical (unpaired) electrons. The van der Waals surface area contributed by atoms with Gasteiger partial charge in [-0.15, -0.1) is 0 Å². The standard InChI is InChI=1S/C30H43NO3/c1-20-9-8-13-30(4)18-27-23(16-25(20)30)24(28(32)34-27)19-31-26(15-21-10-6-5-7-11-21)22-12-14-33-29(2,3)17-22/h5-7,10-11,22-27,31H,1,8-9,12-19H2,2-4H3/t22-,23-,24-,25+,26-,27+,30+/m0/s1. The molecule has 1 aromatic rings. The highest BCUT2D eigenvalue weighted by molar-refractivity contribution is 5.75. The van der Waals surface area contributed by atoms with Crippen LogP contribution in [0.4, 0.5) is 0 Å². The second kappa shape index (κ2) is 9.43. The minimum Gasteiger partial charge on any atom is -0.462 e. The van der Waals surface area contributed by atoms with Crippen LogP contribution >= 0.6 is 0 Å². The van der Waals surface area contributed by atoms with E-state index in [0.29, 0.717) is 30.3 Å². The Morgan fingerprint density at radius 3 is 2.74 bits per heavy atom. The lowest BCUT2D eigenvalue weighted by Crippen LogP contribution is -2.49. The van der Waals surface area contributed by atoms with Gasteiger partial charge in [0.25, 0.3) is 0 Å². The summed E-state index contributed by atoms with van der Waals surface area (Å²) in [7, 11) is 0. The van der Waals surface area contributed by atoms with E-state index >= 15 is 0 Å². The van der Waals surface area contributed by atoms with Gasteiger partial charge in [-0.3, -0.25) is 4.79 Å². The summed E-state index contributed by atoms with van der Waals surface area (Å²) in [6.45, 7) is 12.8. The smallest absolute Gasteiger partial charge is 0.310 e. The van der Waals surface area contributed by atoms with Crippen molar-refractivity contribution in [1.29, 1.82) is 0 Å². The van der Waals surface area contributed by atoms with Crippen LogP contribution in [0.5, 0.6) is 0 Å². The van der Waals surface area contributed by atoms with Gasteiger partial charge in [0.05, 0.1) is 11.5 Å². The van der Waals surface area contributed by atoms with Crippen molar-refractivity contribution in [2.75, 3.05) is 13.2 Å². The van der Waals surface area contributed by atoms with Crippen molar-refractivity contribution >= 4 is 5.97 Å². The fourth-order valence-corrected chi connectivity index (χ4v) is 7.66. The Morgan fingerprint density at radius 1 is 1.18 bits per heavy atom. The van der Waals surface area contributed by atoms with Gasteiger partial charge in [0.2, 0.25) is 0 Å². The first kappa shape index (κ1) is 24.1. The molecular weight excluding hydrogens is 422 g/mol. The first-order valence-electron chi connectivity index (χ1n) is 13.5. The van der Waals surface area contributed by atoms with Crippen LogP contribution in [0.1, 0.15) is 71.3 Å². The summed E-state index contributed by atoms with van der Waals surface area (Å²) < 4.78 is 12.0. The molecule has 1 N–H and O–H groups in total. The van der Waals surface area contributed by atoms with Crippen molar-refractivity contribution < 1.29 is 14.3 Å². The van der Waals surface area contributed by atoms with E-state index in [2.05, 4.69) is 63.0 Å². The van der Waals surface area contributed by atoms with Crippen LogP contribution in [-0.2, 0) is 20.7 Å². The molecule has 2 aliphatic carbocycles. The van der Waals surface area contributed by atoms with Crippen molar-refractivity contribution in [2.45, 2.75) is 89.9 Å². The fourth-order valence-electron chi connectivity index (χ4n) is 7.66. The van der Waals surface area contributed by atoms with Crippen LogP contribution in [0.25, 0.3) is 0 Å². The van der Waals surface area contributed by atoms with Crippen molar-refractivity contribution in [3.05, 3.63) is 48.0 Å². The predicted octanol–water partition coefficient (Wildman–Crippen LogP) is 5.71. The molecule has 4 heteroatoms.